The van der Waals surface area contributed by atoms with Crippen molar-refractivity contribution in [3.8, 4) is 0 Å². The van der Waals surface area contributed by atoms with Gasteiger partial charge in [0.15, 0.2) is 6.29 Å². The molecule has 0 aromatic heterocycles. The lowest BCUT2D eigenvalue weighted by Crippen LogP contribution is -3.05. The van der Waals surface area contributed by atoms with E-state index in [2.05, 4.69) is 12.2 Å². The van der Waals surface area contributed by atoms with Crippen LogP contribution in [0.25, 0.3) is 0 Å². The van der Waals surface area contributed by atoms with Crippen molar-refractivity contribution in [1.29, 1.82) is 0 Å². The molecule has 7 rings (SSSR count). The van der Waals surface area contributed by atoms with Gasteiger partial charge < -0.3 is 45.4 Å². The first-order chi connectivity index (χ1) is 26.3. The Morgan fingerprint density at radius 3 is 1.70 bits per heavy atom. The molecule has 0 radical (unpaired) electrons. The summed E-state index contributed by atoms with van der Waals surface area (Å²) in [6, 6.07) is -0.978. The van der Waals surface area contributed by atoms with E-state index in [0.717, 1.165) is 43.9 Å². The first kappa shape index (κ1) is 42.7. The highest BCUT2D eigenvalue weighted by atomic mass is 16.7. The number of amides is 1. The third-order valence-corrected chi connectivity index (χ3v) is 15.5. The lowest BCUT2D eigenvalue weighted by molar-refractivity contribution is -0.616. The van der Waals surface area contributed by atoms with Crippen LogP contribution in [0, 0.1) is 46.8 Å². The molecule has 1 heterocycles. The van der Waals surface area contributed by atoms with Crippen molar-refractivity contribution in [3.05, 3.63) is 0 Å². The van der Waals surface area contributed by atoms with E-state index < -0.39 is 55.6 Å². The molecule has 1 aliphatic heterocycles. The van der Waals surface area contributed by atoms with Crippen LogP contribution in [0.15, 0.2) is 0 Å². The van der Waals surface area contributed by atoms with Gasteiger partial charge in [-0.3, -0.25) is 4.79 Å². The van der Waals surface area contributed by atoms with Gasteiger partial charge in [-0.2, -0.15) is 0 Å². The largest absolute Gasteiger partial charge is 0.394 e. The summed E-state index contributed by atoms with van der Waals surface area (Å²) in [7, 11) is 0. The Morgan fingerprint density at radius 1 is 0.667 bits per heavy atom. The third-order valence-electron chi connectivity index (χ3n) is 15.5. The average molecular weight is 764 g/mol. The molecule has 3 unspecified atom stereocenters. The summed E-state index contributed by atoms with van der Waals surface area (Å²) in [6.07, 6.45) is 17.7. The van der Waals surface area contributed by atoms with Crippen LogP contribution in [0.1, 0.15) is 161 Å². The Morgan fingerprint density at radius 2 is 1.17 bits per heavy atom. The average Bonchev–Trinajstić information content (AvgIpc) is 3.18. The molecule has 0 aromatic carbocycles. The molecule has 6 aliphatic carbocycles. The number of nitrogens with one attached hydrogen (secondary N) is 1. The fourth-order valence-electron chi connectivity index (χ4n) is 12.7. The van der Waals surface area contributed by atoms with Gasteiger partial charge in [-0.25, -0.2) is 0 Å². The van der Waals surface area contributed by atoms with Crippen molar-refractivity contribution in [1.82, 2.24) is 5.32 Å². The molecule has 54 heavy (non-hydrogen) atoms. The summed E-state index contributed by atoms with van der Waals surface area (Å²) in [6.45, 7) is 1.36. The summed E-state index contributed by atoms with van der Waals surface area (Å²) in [5.41, 5.74) is 0.877. The van der Waals surface area contributed by atoms with Crippen LogP contribution in [0.2, 0.25) is 0 Å². The van der Waals surface area contributed by atoms with Crippen LogP contribution < -0.4 is 5.32 Å². The molecule has 8 atom stereocenters. The van der Waals surface area contributed by atoms with E-state index in [9.17, 15) is 35.4 Å². The zero-order valence-electron chi connectivity index (χ0n) is 33.5. The molecule has 0 spiro atoms. The van der Waals surface area contributed by atoms with E-state index in [1.165, 1.54) is 144 Å². The number of carbonyl (C=O) groups is 1. The fourth-order valence-corrected chi connectivity index (χ4v) is 12.7. The van der Waals surface area contributed by atoms with Crippen molar-refractivity contribution in [2.45, 2.75) is 210 Å². The lowest BCUT2D eigenvalue weighted by atomic mass is 8.96. The highest BCUT2D eigenvalue weighted by molar-refractivity contribution is 5.76. The van der Waals surface area contributed by atoms with Crippen LogP contribution in [0.5, 0.6) is 0 Å². The number of carbonyl (C=O) groups excluding carboxylic acids is 1. The van der Waals surface area contributed by atoms with Crippen molar-refractivity contribution in [3.63, 3.8) is 0 Å². The van der Waals surface area contributed by atoms with Gasteiger partial charge in [0.25, 0.3) is 0 Å². The molecule has 7 N–H and O–H groups in total. The molecular formula is C44H77NO9. The summed E-state index contributed by atoms with van der Waals surface area (Å²) in [5.74, 6) is 8.14. The summed E-state index contributed by atoms with van der Waals surface area (Å²) >= 11 is 0. The molecule has 6 saturated carbocycles. The first-order valence-electron chi connectivity index (χ1n) is 22.9. The molecule has 7 aliphatic rings. The van der Waals surface area contributed by atoms with Gasteiger partial charge in [0, 0.05) is 6.42 Å². The maximum absolute atomic E-state index is 13.0. The van der Waals surface area contributed by atoms with Crippen LogP contribution >= 0.6 is 0 Å². The zero-order chi connectivity index (χ0) is 38.2. The summed E-state index contributed by atoms with van der Waals surface area (Å²) < 4.78 is 11.2. The van der Waals surface area contributed by atoms with E-state index in [4.69, 9.17) is 9.47 Å². The Kier molecular flexibility index (Phi) is 16.0. The second-order valence-corrected chi connectivity index (χ2v) is 18.6. The molecule has 10 heteroatoms. The van der Waals surface area contributed by atoms with Crippen LogP contribution in [-0.4, -0.2) is 98.7 Å². The number of aliphatic hydroxyl groups is 6. The maximum atomic E-state index is 13.0. The molecule has 10 nitrogen and oxygen atoms in total. The number of hydrogen-bond acceptors (Lipinski definition) is 9. The van der Waals surface area contributed by atoms with E-state index >= 15 is 0 Å². The predicted octanol–water partition coefficient (Wildman–Crippen LogP) is 5.76. The Hall–Kier alpha value is -0.850. The topological polar surface area (TPSA) is 169 Å². The number of rotatable bonds is 32. The van der Waals surface area contributed by atoms with Gasteiger partial charge in [0.1, 0.15) is 30.5 Å². The van der Waals surface area contributed by atoms with E-state index in [0.29, 0.717) is 12.8 Å². The van der Waals surface area contributed by atoms with E-state index in [-0.39, 0.29) is 12.5 Å². The second kappa shape index (κ2) is 20.2. The minimum absolute atomic E-state index is 0.245. The van der Waals surface area contributed by atoms with Gasteiger partial charge in [0.2, 0.25) is 5.91 Å². The Bertz CT molecular complexity index is 1090. The normalized spacial score (nSPS) is 37.9. The van der Waals surface area contributed by atoms with Gasteiger partial charge >= 0.3 is 0 Å². The van der Waals surface area contributed by atoms with Crippen LogP contribution in [0.4, 0.5) is 0 Å². The lowest BCUT2D eigenvalue weighted by Gasteiger charge is -3.08. The minimum Gasteiger partial charge on any atom is -0.394 e. The summed E-state index contributed by atoms with van der Waals surface area (Å²) in [4.78, 5) is 13.0. The van der Waals surface area contributed by atoms with Crippen LogP contribution in [0.3, 0.4) is 0 Å². The van der Waals surface area contributed by atoms with E-state index in [1.807, 2.05) is 0 Å². The van der Waals surface area contributed by atoms with Crippen molar-refractivity contribution in [2.75, 3.05) is 13.2 Å². The number of ether oxygens (including phenoxy) is 2. The minimum atomic E-state index is -1.60. The van der Waals surface area contributed by atoms with Crippen LogP contribution in [-0.2, 0) is 14.3 Å². The van der Waals surface area contributed by atoms with Crippen molar-refractivity contribution < 1.29 is 44.9 Å². The van der Waals surface area contributed by atoms with Gasteiger partial charge in [0.05, 0.1) is 25.4 Å². The molecule has 312 valence electrons. The number of aliphatic hydroxyl groups excluding tert-OH is 6. The first-order valence-corrected chi connectivity index (χ1v) is 22.9. The molecular weight excluding hydrogens is 686 g/mol. The van der Waals surface area contributed by atoms with Crippen molar-refractivity contribution in [2.24, 2.45) is 46.8 Å². The fraction of sp³-hybridized carbons (Fsp3) is 0.977. The quantitative estimate of drug-likeness (QED) is 0.0422. The highest BCUT2D eigenvalue weighted by Crippen LogP contribution is 3.06. The predicted molar refractivity (Wildman–Crippen MR) is 207 cm³/mol. The molecule has 0 aromatic rings. The van der Waals surface area contributed by atoms with E-state index in [1.54, 1.807) is 0 Å². The maximum Gasteiger partial charge on any atom is 0.220 e. The Labute approximate surface area is 325 Å². The number of unbranched alkanes of at least 4 members (excludes halogenated alkanes) is 19. The smallest absolute Gasteiger partial charge is 0.220 e. The van der Waals surface area contributed by atoms with Gasteiger partial charge in [-0.1, -0.05) is 135 Å². The standard InChI is InChI=1S/C44H77NO9/c1-2-3-4-5-6-7-8-9-11-14-17-20-23-29(47)39(49)28(27-53-43-42(52)41(51)40(50)30(26-46)54-43)45-31(48)24-21-18-15-12-10-13-16-19-22-25-44-36-33-32-34(36)38(44)35(32)37(33)44/h28-30,32-43,46-47,49-52H,2-27H2,1H3,(H,45,48)/t28?,29?,30-,32?,33?,34?,35?,36?,37?,38?,39?,40+,41+,42-,43+,44?/m1/s1. The van der Waals surface area contributed by atoms with Gasteiger partial charge in [-0.15, -0.1) is 0 Å². The summed E-state index contributed by atoms with van der Waals surface area (Å²) in [5, 5.41) is 65.2. The molecule has 1 amide bonds. The molecule has 1 saturated heterocycles. The molecule has 7 fully saturated rings. The number of hydrogen-bond donors (Lipinski definition) is 7. The molecule has 0 bridgehead atoms. The highest BCUT2D eigenvalue weighted by Gasteiger charge is 3.03. The SMILES string of the molecule is CCCCCCCCCCCCCCC(O)C(O)C(CO[C@H]1O[C@H](CO)[C@H](O)[C@H](O)[C@H]1O)NC(=O)CCCCCCCCCCCC12C3C4C5C3C1C5C42. The van der Waals surface area contributed by atoms with Crippen molar-refractivity contribution >= 4 is 5.91 Å². The zero-order valence-corrected chi connectivity index (χ0v) is 33.5. The monoisotopic (exact) mass is 764 g/mol. The second-order valence-electron chi connectivity index (χ2n) is 18.6. The third kappa shape index (κ3) is 8.76. The van der Waals surface area contributed by atoms with Gasteiger partial charge in [-0.05, 0) is 66.1 Å². The Balaban J connectivity index is 0.821.